The first-order valence-corrected chi connectivity index (χ1v) is 9.26. The van der Waals surface area contributed by atoms with Crippen molar-refractivity contribution in [3.8, 4) is 11.9 Å². The summed E-state index contributed by atoms with van der Waals surface area (Å²) in [7, 11) is 1.75. The molecule has 0 saturated carbocycles. The summed E-state index contributed by atoms with van der Waals surface area (Å²) in [4.78, 5) is 14.2. The van der Waals surface area contributed by atoms with Crippen LogP contribution in [0.4, 0.5) is 8.78 Å². The fourth-order valence-electron chi connectivity index (χ4n) is 2.67. The van der Waals surface area contributed by atoms with E-state index in [4.69, 9.17) is 10.00 Å². The quantitative estimate of drug-likeness (QED) is 0.387. The van der Waals surface area contributed by atoms with Gasteiger partial charge in [-0.1, -0.05) is 6.58 Å². The Hall–Kier alpha value is -3.60. The molecule has 2 heterocycles. The molecule has 1 aromatic heterocycles. The average molecular weight is 412 g/mol. The molecule has 0 radical (unpaired) electrons. The SMILES string of the molecule is C=C(C=O)CCCOc1ccc(C#N)cn1.CN1N=CCC1c1cc(F)ccc1F. The number of carbonyl (C=O) groups excluding carboxylic acids is 1. The number of pyridine rings is 1. The van der Waals surface area contributed by atoms with Crippen LogP contribution in [0.5, 0.6) is 5.88 Å². The van der Waals surface area contributed by atoms with E-state index < -0.39 is 5.82 Å². The maximum atomic E-state index is 13.3. The van der Waals surface area contributed by atoms with E-state index in [0.717, 1.165) is 24.8 Å². The van der Waals surface area contributed by atoms with Gasteiger partial charge in [0.15, 0.2) is 0 Å². The molecule has 1 aliphatic rings. The van der Waals surface area contributed by atoms with Crippen LogP contribution >= 0.6 is 0 Å². The van der Waals surface area contributed by atoms with Crippen LogP contribution in [0.1, 0.15) is 36.4 Å². The smallest absolute Gasteiger partial charge is 0.213 e. The van der Waals surface area contributed by atoms with Crippen molar-refractivity contribution in [3.63, 3.8) is 0 Å². The van der Waals surface area contributed by atoms with Crippen molar-refractivity contribution in [2.24, 2.45) is 5.10 Å². The number of ether oxygens (including phenoxy) is 1. The molecule has 30 heavy (non-hydrogen) atoms. The van der Waals surface area contributed by atoms with Gasteiger partial charge in [0.2, 0.25) is 5.88 Å². The van der Waals surface area contributed by atoms with Crippen molar-refractivity contribution in [1.82, 2.24) is 9.99 Å². The number of hydrogen-bond donors (Lipinski definition) is 0. The molecular formula is C22H22F2N4O2. The largest absolute Gasteiger partial charge is 0.478 e. The van der Waals surface area contributed by atoms with Gasteiger partial charge in [-0.05, 0) is 42.7 Å². The highest BCUT2D eigenvalue weighted by Gasteiger charge is 2.22. The molecule has 0 N–H and O–H groups in total. The van der Waals surface area contributed by atoms with Gasteiger partial charge >= 0.3 is 0 Å². The Morgan fingerprint density at radius 2 is 2.20 bits per heavy atom. The highest BCUT2D eigenvalue weighted by Crippen LogP contribution is 2.28. The van der Waals surface area contributed by atoms with Gasteiger partial charge in [0.25, 0.3) is 0 Å². The molecule has 8 heteroatoms. The maximum Gasteiger partial charge on any atom is 0.213 e. The Labute approximate surface area is 174 Å². The zero-order valence-electron chi connectivity index (χ0n) is 16.6. The predicted octanol–water partition coefficient (Wildman–Crippen LogP) is 4.19. The Morgan fingerprint density at radius 3 is 2.80 bits per heavy atom. The summed E-state index contributed by atoms with van der Waals surface area (Å²) in [5.41, 5.74) is 1.43. The van der Waals surface area contributed by atoms with E-state index >= 15 is 0 Å². The minimum Gasteiger partial charge on any atom is -0.478 e. The molecule has 1 aromatic carbocycles. The minimum absolute atomic E-state index is 0.175. The number of hydrazone groups is 1. The Kier molecular flexibility index (Phi) is 8.63. The second-order valence-electron chi connectivity index (χ2n) is 6.51. The number of halogens is 2. The van der Waals surface area contributed by atoms with Crippen LogP contribution in [0.2, 0.25) is 0 Å². The van der Waals surface area contributed by atoms with E-state index in [-0.39, 0.29) is 11.9 Å². The van der Waals surface area contributed by atoms with Crippen LogP contribution in [0.3, 0.4) is 0 Å². The number of carbonyl (C=O) groups is 1. The molecule has 1 atom stereocenters. The molecule has 0 aliphatic carbocycles. The van der Waals surface area contributed by atoms with Crippen LogP contribution in [0.15, 0.2) is 53.8 Å². The molecule has 2 aromatic rings. The Balaban J connectivity index is 0.000000215. The highest BCUT2D eigenvalue weighted by atomic mass is 19.1. The topological polar surface area (TPSA) is 78.6 Å². The molecule has 3 rings (SSSR count). The fraction of sp³-hybridized carbons (Fsp3) is 0.273. The van der Waals surface area contributed by atoms with Crippen molar-refractivity contribution in [1.29, 1.82) is 5.26 Å². The number of rotatable bonds is 7. The third-order valence-electron chi connectivity index (χ3n) is 4.28. The van der Waals surface area contributed by atoms with Crippen molar-refractivity contribution >= 4 is 12.5 Å². The lowest BCUT2D eigenvalue weighted by molar-refractivity contribution is -0.105. The molecule has 0 bridgehead atoms. The number of benzene rings is 1. The van der Waals surface area contributed by atoms with Gasteiger partial charge in [0.05, 0.1) is 18.2 Å². The van der Waals surface area contributed by atoms with E-state index in [2.05, 4.69) is 16.7 Å². The molecule has 1 aliphatic heterocycles. The normalized spacial score (nSPS) is 14.5. The lowest BCUT2D eigenvalue weighted by atomic mass is 10.0. The van der Waals surface area contributed by atoms with Gasteiger partial charge in [0.1, 0.15) is 24.0 Å². The summed E-state index contributed by atoms with van der Waals surface area (Å²) < 4.78 is 31.6. The molecule has 0 amide bonds. The van der Waals surface area contributed by atoms with Crippen LogP contribution < -0.4 is 4.74 Å². The molecule has 0 fully saturated rings. The van der Waals surface area contributed by atoms with Crippen LogP contribution in [0.25, 0.3) is 0 Å². The zero-order chi connectivity index (χ0) is 21.9. The second-order valence-corrected chi connectivity index (χ2v) is 6.51. The van der Waals surface area contributed by atoms with Crippen molar-refractivity contribution in [3.05, 3.63) is 71.4 Å². The van der Waals surface area contributed by atoms with Gasteiger partial charge in [-0.15, -0.1) is 0 Å². The second kappa shape index (κ2) is 11.4. The first kappa shape index (κ1) is 22.7. The monoisotopic (exact) mass is 412 g/mol. The summed E-state index contributed by atoms with van der Waals surface area (Å²) in [6, 6.07) is 8.59. The van der Waals surface area contributed by atoms with Crippen LogP contribution in [-0.2, 0) is 4.79 Å². The maximum absolute atomic E-state index is 13.3. The molecule has 0 spiro atoms. The number of nitriles is 1. The lowest BCUT2D eigenvalue weighted by Crippen LogP contribution is -2.15. The van der Waals surface area contributed by atoms with E-state index in [1.165, 1.54) is 12.3 Å². The summed E-state index contributed by atoms with van der Waals surface area (Å²) in [6.45, 7) is 4.04. The van der Waals surface area contributed by atoms with Crippen LogP contribution in [-0.4, -0.2) is 36.1 Å². The van der Waals surface area contributed by atoms with Crippen molar-refractivity contribution in [2.75, 3.05) is 13.7 Å². The van der Waals surface area contributed by atoms with Gasteiger partial charge < -0.3 is 4.74 Å². The molecule has 0 saturated heterocycles. The number of aromatic nitrogens is 1. The van der Waals surface area contributed by atoms with E-state index in [1.807, 2.05) is 6.07 Å². The molecular weight excluding hydrogens is 390 g/mol. The average Bonchev–Trinajstić information content (AvgIpc) is 3.19. The standard InChI is InChI=1S/C12H12N2O2.C10H10F2N2/c1-10(9-15)3-2-6-16-12-5-4-11(7-13)8-14-12;1-14-10(4-5-13-14)8-6-7(11)2-3-9(8)12/h4-5,8-9H,1-3,6H2;2-3,5-6,10H,4H2,1H3. The molecule has 6 nitrogen and oxygen atoms in total. The van der Waals surface area contributed by atoms with Crippen LogP contribution in [0, 0.1) is 23.0 Å². The molecule has 156 valence electrons. The number of allylic oxidation sites excluding steroid dienone is 1. The van der Waals surface area contributed by atoms with Crippen molar-refractivity contribution in [2.45, 2.75) is 25.3 Å². The molecule has 1 unspecified atom stereocenters. The van der Waals surface area contributed by atoms with Gasteiger partial charge in [-0.2, -0.15) is 10.4 Å². The number of nitrogens with zero attached hydrogens (tertiary/aromatic N) is 4. The zero-order valence-corrected chi connectivity index (χ0v) is 16.6. The Bertz CT molecular complexity index is 939. The lowest BCUT2D eigenvalue weighted by Gasteiger charge is -2.19. The summed E-state index contributed by atoms with van der Waals surface area (Å²) in [6.07, 6.45) is 5.88. The fourth-order valence-corrected chi connectivity index (χ4v) is 2.67. The summed E-state index contributed by atoms with van der Waals surface area (Å²) in [5, 5.41) is 14.2. The van der Waals surface area contributed by atoms with Gasteiger partial charge in [0, 0.05) is 37.5 Å². The summed E-state index contributed by atoms with van der Waals surface area (Å²) >= 11 is 0. The van der Waals surface area contributed by atoms with E-state index in [0.29, 0.717) is 42.0 Å². The van der Waals surface area contributed by atoms with Gasteiger partial charge in [-0.3, -0.25) is 9.80 Å². The Morgan fingerprint density at radius 1 is 1.40 bits per heavy atom. The third kappa shape index (κ3) is 6.78. The van der Waals surface area contributed by atoms with Crippen molar-refractivity contribution < 1.29 is 18.3 Å². The first-order valence-electron chi connectivity index (χ1n) is 9.26. The number of aldehydes is 1. The number of hydrogen-bond acceptors (Lipinski definition) is 6. The van der Waals surface area contributed by atoms with E-state index in [1.54, 1.807) is 30.4 Å². The first-order chi connectivity index (χ1) is 14.4. The highest BCUT2D eigenvalue weighted by molar-refractivity contribution is 5.71. The predicted molar refractivity (Wildman–Crippen MR) is 109 cm³/mol. The van der Waals surface area contributed by atoms with E-state index in [9.17, 15) is 13.6 Å². The summed E-state index contributed by atoms with van der Waals surface area (Å²) in [5.74, 6) is -0.314. The third-order valence-corrected chi connectivity index (χ3v) is 4.28. The van der Waals surface area contributed by atoms with Gasteiger partial charge in [-0.25, -0.2) is 13.8 Å². The minimum atomic E-state index is -0.415.